The van der Waals surface area contributed by atoms with Crippen LogP contribution in [0, 0.1) is 0 Å². The van der Waals surface area contributed by atoms with Gasteiger partial charge in [-0.25, -0.2) is 4.39 Å². The number of halogens is 1. The Balaban J connectivity index is 0. The quantitative estimate of drug-likeness (QED) is 0.434. The Labute approximate surface area is 140 Å². The van der Waals surface area contributed by atoms with E-state index < -0.39 is 5.41 Å². The molecule has 1 fully saturated rings. The van der Waals surface area contributed by atoms with Crippen LogP contribution in [0.2, 0.25) is 0 Å². The Morgan fingerprint density at radius 2 is 1.68 bits per heavy atom. The van der Waals surface area contributed by atoms with E-state index in [1.807, 2.05) is 23.1 Å². The summed E-state index contributed by atoms with van der Waals surface area (Å²) in [6.07, 6.45) is 10.9. The van der Waals surface area contributed by atoms with Crippen molar-refractivity contribution in [2.45, 2.75) is 110 Å². The third kappa shape index (κ3) is 13.5. The van der Waals surface area contributed by atoms with Crippen molar-refractivity contribution >= 4 is 15.6 Å². The maximum Gasteiger partial charge on any atom is 0.210 e. The van der Waals surface area contributed by atoms with Gasteiger partial charge in [0, 0.05) is 12.1 Å². The minimum absolute atomic E-state index is 0.482. The molecule has 0 spiro atoms. The van der Waals surface area contributed by atoms with Gasteiger partial charge in [-0.3, -0.25) is 4.79 Å². The Hall–Kier alpha value is -0.170. The monoisotopic (exact) mass is 335 g/mol. The number of rotatable bonds is 6. The van der Waals surface area contributed by atoms with Gasteiger partial charge in [-0.05, 0) is 39.5 Å². The second-order valence-electron chi connectivity index (χ2n) is 6.26. The van der Waals surface area contributed by atoms with Gasteiger partial charge in [-0.15, -0.1) is 0 Å². The largest absolute Gasteiger partial charge is 0.339 e. The van der Waals surface area contributed by atoms with Crippen LogP contribution in [0.3, 0.4) is 0 Å². The fourth-order valence-electron chi connectivity index (χ4n) is 2.75. The Kier molecular flexibility index (Phi) is 15.8. The number of carbonyl (C=O) groups is 1. The number of alkyl halides is 1. The summed E-state index contributed by atoms with van der Waals surface area (Å²) < 4.78 is 11.7. The highest BCUT2D eigenvalue weighted by Crippen LogP contribution is 2.25. The lowest BCUT2D eigenvalue weighted by molar-refractivity contribution is -0.123. The highest BCUT2D eigenvalue weighted by atomic mass is 31.0. The molecule has 0 aliphatic heterocycles. The fraction of sp³-hybridized carbons (Fsp3) is 0.944. The van der Waals surface area contributed by atoms with Crippen LogP contribution in [-0.2, 0) is 4.79 Å². The minimum atomic E-state index is -1.08. The van der Waals surface area contributed by atoms with Crippen molar-refractivity contribution in [3.05, 3.63) is 0 Å². The summed E-state index contributed by atoms with van der Waals surface area (Å²) in [5.74, 6) is 0. The molecule has 134 valence electrons. The van der Waals surface area contributed by atoms with Crippen LogP contribution >= 0.6 is 9.24 Å². The van der Waals surface area contributed by atoms with Crippen LogP contribution in [0.4, 0.5) is 4.39 Å². The second kappa shape index (κ2) is 14.4. The minimum Gasteiger partial charge on any atom is -0.339 e. The van der Waals surface area contributed by atoms with Crippen LogP contribution in [0.1, 0.15) is 92.9 Å². The molecule has 0 saturated heterocycles. The van der Waals surface area contributed by atoms with E-state index in [9.17, 15) is 9.18 Å². The van der Waals surface area contributed by atoms with Gasteiger partial charge in [0.2, 0.25) is 6.41 Å². The molecule has 0 aromatic rings. The third-order valence-electron chi connectivity index (χ3n) is 3.63. The highest BCUT2D eigenvalue weighted by molar-refractivity contribution is 7.18. The van der Waals surface area contributed by atoms with Gasteiger partial charge < -0.3 is 4.90 Å². The van der Waals surface area contributed by atoms with Gasteiger partial charge in [0.15, 0.2) is 0 Å². The predicted octanol–water partition coefficient (Wildman–Crippen LogP) is 5.95. The van der Waals surface area contributed by atoms with E-state index in [1.165, 1.54) is 52.4 Å². The van der Waals surface area contributed by atoms with Crippen molar-refractivity contribution < 1.29 is 9.18 Å². The topological polar surface area (TPSA) is 20.3 Å². The van der Waals surface area contributed by atoms with E-state index in [1.54, 1.807) is 0 Å². The third-order valence-corrected chi connectivity index (χ3v) is 3.63. The van der Waals surface area contributed by atoms with Crippen LogP contribution in [0.5, 0.6) is 0 Å². The smallest absolute Gasteiger partial charge is 0.210 e. The van der Waals surface area contributed by atoms with Gasteiger partial charge >= 0.3 is 0 Å². The van der Waals surface area contributed by atoms with Crippen molar-refractivity contribution in [3.8, 4) is 0 Å². The molecule has 2 nitrogen and oxygen atoms in total. The Morgan fingerprint density at radius 3 is 2.00 bits per heavy atom. The molecule has 0 N–H and O–H groups in total. The SMILES string of the molecule is CC.CC(C)(F)P.CCCC(CC)N(C=O)C1CCCCC1. The molecule has 2 atom stereocenters. The summed E-state index contributed by atoms with van der Waals surface area (Å²) in [4.78, 5) is 13.3. The number of hydrogen-bond donors (Lipinski definition) is 0. The van der Waals surface area contributed by atoms with Crippen molar-refractivity contribution in [1.29, 1.82) is 0 Å². The van der Waals surface area contributed by atoms with E-state index in [-0.39, 0.29) is 0 Å². The predicted molar refractivity (Wildman–Crippen MR) is 100 cm³/mol. The molecule has 0 heterocycles. The molecule has 1 aliphatic rings. The van der Waals surface area contributed by atoms with Crippen molar-refractivity contribution in [3.63, 3.8) is 0 Å². The molecule has 1 aliphatic carbocycles. The van der Waals surface area contributed by atoms with Gasteiger partial charge in [-0.2, -0.15) is 0 Å². The van der Waals surface area contributed by atoms with Crippen LogP contribution in [-0.4, -0.2) is 28.8 Å². The van der Waals surface area contributed by atoms with E-state index in [4.69, 9.17) is 0 Å². The molecule has 22 heavy (non-hydrogen) atoms. The lowest BCUT2D eigenvalue weighted by atomic mass is 9.92. The Bertz CT molecular complexity index is 239. The van der Waals surface area contributed by atoms with Crippen LogP contribution < -0.4 is 0 Å². The molecular weight excluding hydrogens is 296 g/mol. The summed E-state index contributed by atoms with van der Waals surface area (Å²) in [5, 5.41) is -1.08. The number of hydrogen-bond acceptors (Lipinski definition) is 1. The second-order valence-corrected chi connectivity index (χ2v) is 7.63. The van der Waals surface area contributed by atoms with Crippen molar-refractivity contribution in [2.75, 3.05) is 0 Å². The molecule has 4 heteroatoms. The van der Waals surface area contributed by atoms with Crippen molar-refractivity contribution in [2.24, 2.45) is 0 Å². The average Bonchev–Trinajstić information content (AvgIpc) is 2.48. The van der Waals surface area contributed by atoms with Crippen molar-refractivity contribution in [1.82, 2.24) is 4.90 Å². The first-order valence-electron chi connectivity index (χ1n) is 9.04. The van der Waals surface area contributed by atoms with Crippen LogP contribution in [0.25, 0.3) is 0 Å². The highest BCUT2D eigenvalue weighted by Gasteiger charge is 2.24. The van der Waals surface area contributed by atoms with Crippen LogP contribution in [0.15, 0.2) is 0 Å². The van der Waals surface area contributed by atoms with Gasteiger partial charge in [0.05, 0.1) is 0 Å². The normalized spacial score (nSPS) is 16.5. The maximum absolute atomic E-state index is 11.7. The first-order valence-corrected chi connectivity index (χ1v) is 9.61. The van der Waals surface area contributed by atoms with Gasteiger partial charge in [0.25, 0.3) is 0 Å². The van der Waals surface area contributed by atoms with E-state index >= 15 is 0 Å². The summed E-state index contributed by atoms with van der Waals surface area (Å²) in [6, 6.07) is 1.02. The summed E-state index contributed by atoms with van der Waals surface area (Å²) >= 11 is 0. The summed E-state index contributed by atoms with van der Waals surface area (Å²) in [7, 11) is 2.05. The fourth-order valence-corrected chi connectivity index (χ4v) is 2.75. The zero-order valence-electron chi connectivity index (χ0n) is 15.7. The molecule has 1 saturated carbocycles. The molecule has 0 aromatic heterocycles. The maximum atomic E-state index is 11.7. The molecule has 1 amide bonds. The zero-order chi connectivity index (χ0) is 17.6. The summed E-state index contributed by atoms with van der Waals surface area (Å²) in [5.41, 5.74) is 0. The average molecular weight is 335 g/mol. The van der Waals surface area contributed by atoms with Gasteiger partial charge in [0.1, 0.15) is 5.41 Å². The molecule has 2 unspecified atom stereocenters. The van der Waals surface area contributed by atoms with Gasteiger partial charge in [-0.1, -0.05) is 62.6 Å². The summed E-state index contributed by atoms with van der Waals surface area (Å²) in [6.45, 7) is 11.4. The number of amides is 1. The number of carbonyl (C=O) groups excluding carboxylic acids is 1. The van der Waals surface area contributed by atoms with E-state index in [0.29, 0.717) is 12.1 Å². The van der Waals surface area contributed by atoms with E-state index in [0.717, 1.165) is 19.3 Å². The molecule has 0 bridgehead atoms. The first-order chi connectivity index (χ1) is 10.3. The lowest BCUT2D eigenvalue weighted by Gasteiger charge is -2.37. The molecule has 0 aromatic carbocycles. The molecular formula is C18H39FNOP. The first kappa shape index (κ1) is 24.1. The Morgan fingerprint density at radius 1 is 1.23 bits per heavy atom. The lowest BCUT2D eigenvalue weighted by Crippen LogP contribution is -2.43. The van der Waals surface area contributed by atoms with E-state index in [2.05, 4.69) is 18.7 Å². The molecule has 1 rings (SSSR count). The number of nitrogens with zero attached hydrogens (tertiary/aromatic N) is 1. The standard InChI is InChI=1S/C13H25NO.C3H8FP.C2H6/c1-3-8-12(4-2)14(11-15)13-9-6-5-7-10-13;1-3(2,4)5;1-2/h11-13H,3-10H2,1-2H3;5H2,1-2H3;1-2H3. The zero-order valence-corrected chi connectivity index (χ0v) is 16.9. The molecule has 0 radical (unpaired) electrons.